The Bertz CT molecular complexity index is 1300. The van der Waals surface area contributed by atoms with Crippen LogP contribution in [0.5, 0.6) is 0 Å². The number of aromatic nitrogens is 6. The van der Waals surface area contributed by atoms with Gasteiger partial charge < -0.3 is 10.2 Å². The van der Waals surface area contributed by atoms with E-state index in [4.69, 9.17) is 20.2 Å². The van der Waals surface area contributed by atoms with E-state index in [0.29, 0.717) is 25.0 Å². The lowest BCUT2D eigenvalue weighted by Crippen LogP contribution is -2.07. The second-order valence-electron chi connectivity index (χ2n) is 7.69. The van der Waals surface area contributed by atoms with E-state index in [0.717, 1.165) is 34.0 Å². The molecule has 0 bridgehead atoms. The first-order valence-electron chi connectivity index (χ1n) is 10.8. The zero-order valence-electron chi connectivity index (χ0n) is 19.2. The van der Waals surface area contributed by atoms with Gasteiger partial charge in [0.2, 0.25) is 0 Å². The predicted molar refractivity (Wildman–Crippen MR) is 127 cm³/mol. The highest BCUT2D eigenvalue weighted by Crippen LogP contribution is 2.22. The number of nitrogens with one attached hydrogen (secondary N) is 1. The fraction of sp³-hybridized carbons (Fsp3) is 0.160. The Hall–Kier alpha value is -4.80. The molecule has 3 aromatic heterocycles. The number of H-pyrrole nitrogens is 1. The Labute approximate surface area is 205 Å². The van der Waals surface area contributed by atoms with Gasteiger partial charge in [-0.05, 0) is 29.7 Å². The highest BCUT2D eigenvalue weighted by molar-refractivity contribution is 5.89. The van der Waals surface area contributed by atoms with Crippen LogP contribution in [0.25, 0.3) is 11.3 Å². The molecule has 0 saturated carbocycles. The van der Waals surface area contributed by atoms with Crippen molar-refractivity contribution in [3.05, 3.63) is 102 Å². The van der Waals surface area contributed by atoms with E-state index < -0.39 is 11.9 Å². The molecule has 3 heterocycles. The van der Waals surface area contributed by atoms with Gasteiger partial charge in [0.15, 0.2) is 0 Å². The number of halogens is 1. The molecular formula is C25H23FN6O4. The van der Waals surface area contributed by atoms with Gasteiger partial charge in [0.05, 0.1) is 23.3 Å². The molecule has 184 valence electrons. The second-order valence-corrected chi connectivity index (χ2v) is 7.69. The summed E-state index contributed by atoms with van der Waals surface area (Å²) >= 11 is 0. The molecule has 0 fully saturated rings. The smallest absolute Gasteiger partial charge is 0.328 e. The topological polar surface area (TPSA) is 155 Å². The number of hydrogen-bond acceptors (Lipinski definition) is 7. The first kappa shape index (κ1) is 25.8. The predicted octanol–water partition coefficient (Wildman–Crippen LogP) is 3.44. The largest absolute Gasteiger partial charge is 0.478 e. The van der Waals surface area contributed by atoms with Crippen molar-refractivity contribution in [3.63, 3.8) is 0 Å². The van der Waals surface area contributed by atoms with Gasteiger partial charge >= 0.3 is 11.9 Å². The van der Waals surface area contributed by atoms with Crippen LogP contribution in [0, 0.1) is 5.82 Å². The van der Waals surface area contributed by atoms with Crippen molar-refractivity contribution in [3.8, 4) is 11.3 Å². The van der Waals surface area contributed by atoms with Gasteiger partial charge in [-0.15, -0.1) is 0 Å². The summed E-state index contributed by atoms with van der Waals surface area (Å²) in [5, 5.41) is 22.5. The molecule has 0 unspecified atom stereocenters. The number of benzene rings is 1. The molecule has 0 spiro atoms. The summed E-state index contributed by atoms with van der Waals surface area (Å²) in [6.45, 7) is 2.09. The van der Waals surface area contributed by atoms with E-state index in [2.05, 4.69) is 27.1 Å². The molecule has 11 heteroatoms. The van der Waals surface area contributed by atoms with Gasteiger partial charge in [0.1, 0.15) is 11.6 Å². The van der Waals surface area contributed by atoms with Crippen LogP contribution in [-0.2, 0) is 22.4 Å². The standard InChI is InChI=1S/C21H19FN6.C4H4O4/c1-14(15-2-4-17(22)5-3-15)8-21-27-18(9-19-13-23-6-7-24-19)10-20(28-21)16-11-25-26-12-16;5-3(6)1-2-4(7)8/h2-7,10-14H,8-9H2,1H3,(H,25,26);1-2H,(H,5,6)(H,7,8)/b;2-1-/t14-;/m1./s1. The number of nitrogens with zero attached hydrogens (tertiary/aromatic N) is 5. The Morgan fingerprint density at radius 1 is 1.03 bits per heavy atom. The van der Waals surface area contributed by atoms with Crippen molar-refractivity contribution in [1.82, 2.24) is 30.1 Å². The molecule has 10 nitrogen and oxygen atoms in total. The SMILES string of the molecule is C[C@H](Cc1nc(Cc2cnccn2)cc(-c2cn[nH]c2)n1)c1ccc(F)cc1.O=C(O)/C=C\C(=O)O. The van der Waals surface area contributed by atoms with E-state index in [-0.39, 0.29) is 11.7 Å². The first-order chi connectivity index (χ1) is 17.3. The molecule has 1 atom stereocenters. The zero-order valence-corrected chi connectivity index (χ0v) is 19.2. The van der Waals surface area contributed by atoms with E-state index in [1.54, 1.807) is 36.9 Å². The van der Waals surface area contributed by atoms with Crippen molar-refractivity contribution in [2.75, 3.05) is 0 Å². The lowest BCUT2D eigenvalue weighted by Gasteiger charge is -2.13. The third-order valence-corrected chi connectivity index (χ3v) is 4.89. The van der Waals surface area contributed by atoms with Gasteiger partial charge in [0, 0.05) is 55.3 Å². The van der Waals surface area contributed by atoms with Crippen LogP contribution in [0.1, 0.15) is 35.6 Å². The number of hydrogen-bond donors (Lipinski definition) is 3. The van der Waals surface area contributed by atoms with Crippen LogP contribution in [-0.4, -0.2) is 52.3 Å². The summed E-state index contributed by atoms with van der Waals surface area (Å²) in [5.74, 6) is -1.86. The van der Waals surface area contributed by atoms with Crippen molar-refractivity contribution in [2.45, 2.75) is 25.7 Å². The minimum absolute atomic E-state index is 0.157. The monoisotopic (exact) mass is 490 g/mol. The molecule has 0 aliphatic heterocycles. The highest BCUT2D eigenvalue weighted by Gasteiger charge is 2.13. The van der Waals surface area contributed by atoms with Crippen molar-refractivity contribution in [2.24, 2.45) is 0 Å². The van der Waals surface area contributed by atoms with Crippen molar-refractivity contribution < 1.29 is 24.2 Å². The molecule has 0 aliphatic rings. The van der Waals surface area contributed by atoms with Gasteiger partial charge in [-0.3, -0.25) is 15.1 Å². The van der Waals surface area contributed by atoms with Crippen molar-refractivity contribution >= 4 is 11.9 Å². The quantitative estimate of drug-likeness (QED) is 0.315. The summed E-state index contributed by atoms with van der Waals surface area (Å²) < 4.78 is 13.2. The number of carboxylic acid groups (broad SMARTS) is 2. The van der Waals surface area contributed by atoms with E-state index in [1.165, 1.54) is 12.1 Å². The van der Waals surface area contributed by atoms with Crippen LogP contribution in [0.2, 0.25) is 0 Å². The van der Waals surface area contributed by atoms with Gasteiger partial charge in [0.25, 0.3) is 0 Å². The molecular weight excluding hydrogens is 467 g/mol. The number of rotatable bonds is 8. The van der Waals surface area contributed by atoms with Crippen LogP contribution in [0.3, 0.4) is 0 Å². The Morgan fingerprint density at radius 2 is 1.75 bits per heavy atom. The number of aliphatic carboxylic acids is 2. The Kier molecular flexibility index (Phi) is 9.04. The van der Waals surface area contributed by atoms with Crippen LogP contribution in [0.15, 0.2) is 73.5 Å². The normalized spacial score (nSPS) is 11.5. The molecule has 4 rings (SSSR count). The average Bonchev–Trinajstić information content (AvgIpc) is 3.39. The van der Waals surface area contributed by atoms with E-state index in [1.807, 2.05) is 12.3 Å². The lowest BCUT2D eigenvalue weighted by atomic mass is 9.97. The molecule has 36 heavy (non-hydrogen) atoms. The molecule has 0 radical (unpaired) electrons. The molecule has 3 N–H and O–H groups in total. The first-order valence-corrected chi connectivity index (χ1v) is 10.8. The Morgan fingerprint density at radius 3 is 2.33 bits per heavy atom. The summed E-state index contributed by atoms with van der Waals surface area (Å²) in [6, 6.07) is 8.52. The fourth-order valence-corrected chi connectivity index (χ4v) is 3.21. The second kappa shape index (κ2) is 12.6. The summed E-state index contributed by atoms with van der Waals surface area (Å²) in [6.07, 6.45) is 10.9. The fourth-order valence-electron chi connectivity index (χ4n) is 3.21. The van der Waals surface area contributed by atoms with Crippen molar-refractivity contribution in [1.29, 1.82) is 0 Å². The molecule has 0 aliphatic carbocycles. The zero-order chi connectivity index (χ0) is 25.9. The average molecular weight is 490 g/mol. The van der Waals surface area contributed by atoms with Gasteiger partial charge in [-0.2, -0.15) is 5.10 Å². The molecule has 1 aromatic carbocycles. The summed E-state index contributed by atoms with van der Waals surface area (Å²) in [7, 11) is 0. The number of aromatic amines is 1. The third kappa shape index (κ3) is 8.20. The molecule has 0 amide bonds. The van der Waals surface area contributed by atoms with Crippen LogP contribution >= 0.6 is 0 Å². The highest BCUT2D eigenvalue weighted by atomic mass is 19.1. The molecule has 4 aromatic rings. The maximum absolute atomic E-state index is 13.2. The van der Waals surface area contributed by atoms with Gasteiger partial charge in [-0.25, -0.2) is 23.9 Å². The van der Waals surface area contributed by atoms with Crippen LogP contribution in [0.4, 0.5) is 4.39 Å². The summed E-state index contributed by atoms with van der Waals surface area (Å²) in [4.78, 5) is 37.0. The summed E-state index contributed by atoms with van der Waals surface area (Å²) in [5.41, 5.74) is 4.47. The maximum Gasteiger partial charge on any atom is 0.328 e. The number of carboxylic acids is 2. The Balaban J connectivity index is 0.000000392. The maximum atomic E-state index is 13.2. The lowest BCUT2D eigenvalue weighted by molar-refractivity contribution is -0.134. The third-order valence-electron chi connectivity index (χ3n) is 4.89. The van der Waals surface area contributed by atoms with Gasteiger partial charge in [-0.1, -0.05) is 19.1 Å². The van der Waals surface area contributed by atoms with Crippen LogP contribution < -0.4 is 0 Å². The number of carbonyl (C=O) groups is 2. The minimum atomic E-state index is -1.26. The van der Waals surface area contributed by atoms with E-state index in [9.17, 15) is 14.0 Å². The minimum Gasteiger partial charge on any atom is -0.478 e. The molecule has 0 saturated heterocycles. The van der Waals surface area contributed by atoms with E-state index >= 15 is 0 Å².